The summed E-state index contributed by atoms with van der Waals surface area (Å²) < 4.78 is 15.4. The zero-order valence-electron chi connectivity index (χ0n) is 14.3. The van der Waals surface area contributed by atoms with Gasteiger partial charge in [-0.15, -0.1) is 0 Å². The second-order valence-corrected chi connectivity index (χ2v) is 8.87. The lowest BCUT2D eigenvalue weighted by Crippen LogP contribution is -2.28. The number of hydrogen-bond acceptors (Lipinski definition) is 5. The first kappa shape index (κ1) is 17.6. The minimum atomic E-state index is -1.64. The van der Waals surface area contributed by atoms with Crippen molar-refractivity contribution in [2.45, 2.75) is 44.4 Å². The monoisotopic (exact) mass is 360 g/mol. The maximum atomic E-state index is 12.2. The lowest BCUT2D eigenvalue weighted by atomic mass is 10.1. The van der Waals surface area contributed by atoms with Crippen molar-refractivity contribution in [2.75, 3.05) is 0 Å². The molecule has 0 amide bonds. The van der Waals surface area contributed by atoms with E-state index < -0.39 is 22.1 Å². The topological polar surface area (TPSA) is 103 Å². The first-order chi connectivity index (χ1) is 11.8. The Kier molecular flexibility index (Phi) is 4.66. The van der Waals surface area contributed by atoms with Gasteiger partial charge in [-0.1, -0.05) is 28.7 Å². The molecule has 0 spiro atoms. The average molecular weight is 360 g/mol. The molecule has 0 bridgehead atoms. The molecule has 1 fully saturated rings. The van der Waals surface area contributed by atoms with E-state index in [4.69, 9.17) is 0 Å². The van der Waals surface area contributed by atoms with Crippen LogP contribution in [-0.4, -0.2) is 41.1 Å². The van der Waals surface area contributed by atoms with E-state index >= 15 is 0 Å². The highest BCUT2D eigenvalue weighted by atomic mass is 32.2. The number of carboxylic acid groups (broad SMARTS) is 1. The van der Waals surface area contributed by atoms with E-state index in [-0.39, 0.29) is 5.71 Å². The zero-order valence-corrected chi connectivity index (χ0v) is 15.2. The van der Waals surface area contributed by atoms with Crippen LogP contribution in [0.15, 0.2) is 34.9 Å². The Hall–Kier alpha value is -2.19. The lowest BCUT2D eigenvalue weighted by molar-refractivity contribution is -0.129. The molecule has 1 N–H and O–H groups in total. The van der Waals surface area contributed by atoms with Crippen LogP contribution in [0.5, 0.6) is 0 Å². The zero-order chi connectivity index (χ0) is 18.2. The number of hydrogen-bond donors (Lipinski definition) is 1. The number of carbonyl (C=O) groups is 1. The molecule has 1 heterocycles. The smallest absolute Gasteiger partial charge is 0.359 e. The second kappa shape index (κ2) is 6.61. The van der Waals surface area contributed by atoms with Crippen molar-refractivity contribution in [1.29, 1.82) is 0 Å². The van der Waals surface area contributed by atoms with Crippen LogP contribution in [0.2, 0.25) is 0 Å². The third-order valence-electron chi connectivity index (χ3n) is 3.74. The van der Waals surface area contributed by atoms with E-state index in [0.29, 0.717) is 11.6 Å². The first-order valence-corrected chi connectivity index (χ1v) is 9.13. The predicted octanol–water partition coefficient (Wildman–Crippen LogP) is 2.62. The van der Waals surface area contributed by atoms with Gasteiger partial charge in [0.25, 0.3) is 0 Å². The molecular formula is C17H20N4O3S. The fourth-order valence-electron chi connectivity index (χ4n) is 2.12. The number of aromatic nitrogens is 3. The molecule has 132 valence electrons. The Bertz CT molecular complexity index is 804. The van der Waals surface area contributed by atoms with Crippen LogP contribution in [0.25, 0.3) is 11.3 Å². The van der Waals surface area contributed by atoms with Crippen molar-refractivity contribution >= 4 is 23.0 Å². The molecule has 1 aromatic heterocycles. The maximum Gasteiger partial charge on any atom is 0.359 e. The summed E-state index contributed by atoms with van der Waals surface area (Å²) in [5.74, 6) is -1.20. The second-order valence-electron chi connectivity index (χ2n) is 6.97. The number of nitrogens with zero attached hydrogens (tertiary/aromatic N) is 4. The van der Waals surface area contributed by atoms with Crippen LogP contribution in [0.1, 0.15) is 45.2 Å². The van der Waals surface area contributed by atoms with Crippen molar-refractivity contribution < 1.29 is 14.5 Å². The van der Waals surface area contributed by atoms with Gasteiger partial charge in [-0.25, -0.2) is 4.79 Å². The van der Waals surface area contributed by atoms with Gasteiger partial charge in [0.1, 0.15) is 21.8 Å². The summed E-state index contributed by atoms with van der Waals surface area (Å²) >= 11 is -1.64. The number of rotatable bonds is 5. The fraction of sp³-hybridized carbons (Fsp3) is 0.412. The van der Waals surface area contributed by atoms with Gasteiger partial charge < -0.3 is 9.66 Å². The van der Waals surface area contributed by atoms with E-state index in [0.717, 1.165) is 24.1 Å². The summed E-state index contributed by atoms with van der Waals surface area (Å²) in [6.45, 7) is 5.25. The van der Waals surface area contributed by atoms with Crippen molar-refractivity contribution in [3.8, 4) is 11.3 Å². The van der Waals surface area contributed by atoms with E-state index in [2.05, 4.69) is 14.6 Å². The van der Waals surface area contributed by atoms with Crippen LogP contribution < -0.4 is 0 Å². The summed E-state index contributed by atoms with van der Waals surface area (Å²) in [6, 6.07) is 7.26. The lowest BCUT2D eigenvalue weighted by Gasteiger charge is -2.18. The molecular weight excluding hydrogens is 340 g/mol. The summed E-state index contributed by atoms with van der Waals surface area (Å²) in [4.78, 5) is 13.2. The van der Waals surface area contributed by atoms with Crippen molar-refractivity contribution in [3.05, 3.63) is 36.0 Å². The molecule has 1 saturated carbocycles. The van der Waals surface area contributed by atoms with Crippen LogP contribution in [-0.2, 0) is 16.2 Å². The molecule has 7 nitrogen and oxygen atoms in total. The largest absolute Gasteiger partial charge is 0.591 e. The van der Waals surface area contributed by atoms with Gasteiger partial charge in [0.2, 0.25) is 5.71 Å². The van der Waals surface area contributed by atoms with E-state index in [9.17, 15) is 14.5 Å². The molecule has 1 unspecified atom stereocenters. The third-order valence-corrected chi connectivity index (χ3v) is 5.13. The minimum absolute atomic E-state index is 0.207. The first-order valence-electron chi connectivity index (χ1n) is 8.02. The molecule has 0 aliphatic heterocycles. The fourth-order valence-corrected chi connectivity index (χ4v) is 2.75. The Morgan fingerprint density at radius 1 is 1.32 bits per heavy atom. The molecule has 3 rings (SSSR count). The Balaban J connectivity index is 1.85. The van der Waals surface area contributed by atoms with Gasteiger partial charge in [-0.2, -0.15) is 15.0 Å². The summed E-state index contributed by atoms with van der Waals surface area (Å²) in [5, 5.41) is 18.1. The van der Waals surface area contributed by atoms with Crippen LogP contribution in [0.3, 0.4) is 0 Å². The molecule has 1 aliphatic rings. The standard InChI is InChI=1S/C17H20N4O3S/c1-17(2,3)25(24)20-15(16(22)23)12-6-4-11(5-7-12)14-10-18-21(19-14)13-8-9-13/h4-7,10,13H,8-9H2,1-3H3,(H,22,23). The summed E-state index contributed by atoms with van der Waals surface area (Å²) in [6.07, 6.45) is 3.92. The number of carboxylic acids is 1. The highest BCUT2D eigenvalue weighted by Crippen LogP contribution is 2.33. The van der Waals surface area contributed by atoms with Crippen LogP contribution in [0.4, 0.5) is 0 Å². The van der Waals surface area contributed by atoms with Crippen LogP contribution in [0, 0.1) is 0 Å². The number of aliphatic carboxylic acids is 1. The van der Waals surface area contributed by atoms with Gasteiger partial charge in [0, 0.05) is 11.1 Å². The van der Waals surface area contributed by atoms with E-state index in [1.54, 1.807) is 56.0 Å². The van der Waals surface area contributed by atoms with Gasteiger partial charge in [-0.05, 0) is 33.6 Å². The SMILES string of the molecule is CC(C)(C)[S+]([O-])N=C(C(=O)O)c1ccc(-c2cnn(C3CC3)n2)cc1. The highest BCUT2D eigenvalue weighted by molar-refractivity contribution is 7.91. The third kappa shape index (κ3) is 4.08. The van der Waals surface area contributed by atoms with E-state index in [1.165, 1.54) is 0 Å². The molecule has 1 aromatic carbocycles. The summed E-state index contributed by atoms with van der Waals surface area (Å²) in [7, 11) is 0. The average Bonchev–Trinajstić information content (AvgIpc) is 3.29. The highest BCUT2D eigenvalue weighted by Gasteiger charge is 2.29. The van der Waals surface area contributed by atoms with Gasteiger partial charge >= 0.3 is 5.97 Å². The normalized spacial score (nSPS) is 16.7. The van der Waals surface area contributed by atoms with Crippen molar-refractivity contribution in [2.24, 2.45) is 4.40 Å². The molecule has 8 heteroatoms. The molecule has 25 heavy (non-hydrogen) atoms. The maximum absolute atomic E-state index is 12.2. The Labute approximate surface area is 149 Å². The Morgan fingerprint density at radius 3 is 2.48 bits per heavy atom. The molecule has 0 radical (unpaired) electrons. The van der Waals surface area contributed by atoms with Gasteiger partial charge in [-0.3, -0.25) is 0 Å². The predicted molar refractivity (Wildman–Crippen MR) is 95.8 cm³/mol. The minimum Gasteiger partial charge on any atom is -0.591 e. The van der Waals surface area contributed by atoms with Crippen LogP contribution >= 0.6 is 0 Å². The number of benzene rings is 1. The van der Waals surface area contributed by atoms with Crippen molar-refractivity contribution in [3.63, 3.8) is 0 Å². The molecule has 1 atom stereocenters. The van der Waals surface area contributed by atoms with Crippen molar-refractivity contribution in [1.82, 2.24) is 15.0 Å². The molecule has 2 aromatic rings. The quantitative estimate of drug-likeness (QED) is 0.652. The van der Waals surface area contributed by atoms with E-state index in [1.807, 2.05) is 0 Å². The van der Waals surface area contributed by atoms with Gasteiger partial charge in [0.15, 0.2) is 0 Å². The molecule has 1 aliphatic carbocycles. The summed E-state index contributed by atoms with van der Waals surface area (Å²) in [5.41, 5.74) is 1.78. The molecule has 0 saturated heterocycles. The Morgan fingerprint density at radius 2 is 1.96 bits per heavy atom. The van der Waals surface area contributed by atoms with Gasteiger partial charge in [0.05, 0.1) is 12.2 Å².